The Kier molecular flexibility index (Phi) is 10.6. The van der Waals surface area contributed by atoms with Gasteiger partial charge in [-0.05, 0) is 59.4 Å². The lowest BCUT2D eigenvalue weighted by Gasteiger charge is -2.14. The summed E-state index contributed by atoms with van der Waals surface area (Å²) in [5.41, 5.74) is 5.65. The Morgan fingerprint density at radius 1 is 0.886 bits per heavy atom. The summed E-state index contributed by atoms with van der Waals surface area (Å²) < 4.78 is 11.5. The van der Waals surface area contributed by atoms with Gasteiger partial charge in [0, 0.05) is 13.0 Å². The average Bonchev–Trinajstić information content (AvgIpc) is 2.89. The fraction of sp³-hybridized carbons (Fsp3) is 0.323. The molecule has 1 N–H and O–H groups in total. The molecule has 1 unspecified atom stereocenters. The van der Waals surface area contributed by atoms with Gasteiger partial charge in [-0.3, -0.25) is 0 Å². The molecular formula is C31H36O4. The van der Waals surface area contributed by atoms with Gasteiger partial charge < -0.3 is 14.6 Å². The molecule has 1 atom stereocenters. The topological polar surface area (TPSA) is 55.8 Å². The number of aliphatic carboxylic acids is 1. The van der Waals surface area contributed by atoms with Crippen molar-refractivity contribution in [2.75, 3.05) is 13.2 Å². The third-order valence-electron chi connectivity index (χ3n) is 6.02. The summed E-state index contributed by atoms with van der Waals surface area (Å²) in [5.74, 6) is -0.164. The Morgan fingerprint density at radius 3 is 2.23 bits per heavy atom. The lowest BCUT2D eigenvalue weighted by Crippen LogP contribution is -2.26. The number of unbranched alkanes of at least 4 members (excludes halogenated alkanes) is 3. The highest BCUT2D eigenvalue weighted by molar-refractivity contribution is 5.72. The van der Waals surface area contributed by atoms with E-state index in [0.717, 1.165) is 48.1 Å². The van der Waals surface area contributed by atoms with Gasteiger partial charge in [0.25, 0.3) is 0 Å². The lowest BCUT2D eigenvalue weighted by atomic mass is 10.0. The maximum absolute atomic E-state index is 11.5. The van der Waals surface area contributed by atoms with Gasteiger partial charge in [-0.15, -0.1) is 0 Å². The molecule has 3 aromatic rings. The van der Waals surface area contributed by atoms with E-state index in [0.29, 0.717) is 19.6 Å². The normalized spacial score (nSPS) is 12.3. The van der Waals surface area contributed by atoms with Crippen LogP contribution in [0.15, 0.2) is 84.9 Å². The summed E-state index contributed by atoms with van der Waals surface area (Å²) in [6, 6.07) is 26.5. The van der Waals surface area contributed by atoms with Gasteiger partial charge in [-0.2, -0.15) is 0 Å². The number of carboxylic acid groups (broad SMARTS) is 1. The van der Waals surface area contributed by atoms with Crippen molar-refractivity contribution < 1.29 is 19.4 Å². The van der Waals surface area contributed by atoms with Crippen LogP contribution in [0.3, 0.4) is 0 Å². The number of carboxylic acids is 1. The van der Waals surface area contributed by atoms with Crippen LogP contribution in [0.1, 0.15) is 50.7 Å². The standard InChI is InChI=1S/C31H36O4/c1-3-4-5-9-21-35-30(31(32)33)23-25-12-18-29(19-13-25)34-22-20-24(2)26-14-16-28(17-15-26)27-10-7-6-8-11-27/h6-8,10-20,30H,3-5,9,21-23H2,1-2H3,(H,32,33). The van der Waals surface area contributed by atoms with E-state index in [1.54, 1.807) is 0 Å². The molecule has 0 aliphatic rings. The quantitative estimate of drug-likeness (QED) is 0.248. The Balaban J connectivity index is 1.48. The van der Waals surface area contributed by atoms with Crippen molar-refractivity contribution in [1.82, 2.24) is 0 Å². The van der Waals surface area contributed by atoms with E-state index >= 15 is 0 Å². The van der Waals surface area contributed by atoms with Gasteiger partial charge in [0.1, 0.15) is 12.4 Å². The van der Waals surface area contributed by atoms with Crippen LogP contribution in [0.25, 0.3) is 16.7 Å². The summed E-state index contributed by atoms with van der Waals surface area (Å²) in [4.78, 5) is 11.5. The maximum atomic E-state index is 11.5. The largest absolute Gasteiger partial charge is 0.490 e. The van der Waals surface area contributed by atoms with E-state index in [1.807, 2.05) is 42.5 Å². The minimum absolute atomic E-state index is 0.349. The fourth-order valence-corrected chi connectivity index (χ4v) is 3.84. The van der Waals surface area contributed by atoms with Crippen LogP contribution < -0.4 is 4.74 Å². The molecule has 0 radical (unpaired) electrons. The molecule has 0 fully saturated rings. The first-order valence-corrected chi connectivity index (χ1v) is 12.5. The van der Waals surface area contributed by atoms with Crippen molar-refractivity contribution >= 4 is 11.5 Å². The van der Waals surface area contributed by atoms with Crippen LogP contribution in [-0.4, -0.2) is 30.4 Å². The summed E-state index contributed by atoms with van der Waals surface area (Å²) in [6.07, 6.45) is 5.86. The van der Waals surface area contributed by atoms with Gasteiger partial charge in [-0.25, -0.2) is 4.79 Å². The molecule has 3 rings (SSSR count). The molecule has 4 nitrogen and oxygen atoms in total. The van der Waals surface area contributed by atoms with Crippen molar-refractivity contribution in [3.63, 3.8) is 0 Å². The van der Waals surface area contributed by atoms with Crippen LogP contribution in [0, 0.1) is 0 Å². The Hall–Kier alpha value is -3.37. The van der Waals surface area contributed by atoms with Crippen molar-refractivity contribution in [2.24, 2.45) is 0 Å². The minimum Gasteiger partial charge on any atom is -0.490 e. The molecule has 3 aromatic carbocycles. The zero-order valence-electron chi connectivity index (χ0n) is 20.8. The summed E-state index contributed by atoms with van der Waals surface area (Å²) in [7, 11) is 0. The molecule has 0 saturated heterocycles. The van der Waals surface area contributed by atoms with E-state index in [-0.39, 0.29) is 0 Å². The molecule has 0 spiro atoms. The second kappa shape index (κ2) is 14.1. The fourth-order valence-electron chi connectivity index (χ4n) is 3.84. The van der Waals surface area contributed by atoms with E-state index < -0.39 is 12.1 Å². The Labute approximate surface area is 209 Å². The van der Waals surface area contributed by atoms with Gasteiger partial charge in [0.05, 0.1) is 0 Å². The smallest absolute Gasteiger partial charge is 0.333 e. The first-order valence-electron chi connectivity index (χ1n) is 12.5. The lowest BCUT2D eigenvalue weighted by molar-refractivity contribution is -0.150. The number of carbonyl (C=O) groups is 1. The zero-order chi connectivity index (χ0) is 24.9. The van der Waals surface area contributed by atoms with Crippen LogP contribution in [0.4, 0.5) is 0 Å². The van der Waals surface area contributed by atoms with E-state index in [9.17, 15) is 9.90 Å². The number of benzene rings is 3. The molecule has 0 heterocycles. The number of allylic oxidation sites excluding steroid dienone is 1. The second-order valence-electron chi connectivity index (χ2n) is 8.75. The van der Waals surface area contributed by atoms with E-state index in [1.165, 1.54) is 11.1 Å². The molecule has 0 saturated carbocycles. The highest BCUT2D eigenvalue weighted by Crippen LogP contribution is 2.22. The molecule has 0 aliphatic heterocycles. The van der Waals surface area contributed by atoms with Crippen LogP contribution in [-0.2, 0) is 16.0 Å². The first-order chi connectivity index (χ1) is 17.1. The summed E-state index contributed by atoms with van der Waals surface area (Å²) >= 11 is 0. The molecule has 4 heteroatoms. The highest BCUT2D eigenvalue weighted by Gasteiger charge is 2.18. The predicted molar refractivity (Wildman–Crippen MR) is 143 cm³/mol. The summed E-state index contributed by atoms with van der Waals surface area (Å²) in [5, 5.41) is 9.47. The second-order valence-corrected chi connectivity index (χ2v) is 8.75. The number of hydrogen-bond acceptors (Lipinski definition) is 3. The van der Waals surface area contributed by atoms with Crippen molar-refractivity contribution in [3.8, 4) is 16.9 Å². The Bertz CT molecular complexity index is 1050. The molecule has 0 aromatic heterocycles. The molecule has 0 amide bonds. The molecule has 184 valence electrons. The highest BCUT2D eigenvalue weighted by atomic mass is 16.5. The van der Waals surface area contributed by atoms with E-state index in [4.69, 9.17) is 9.47 Å². The summed E-state index contributed by atoms with van der Waals surface area (Å²) in [6.45, 7) is 5.18. The third kappa shape index (κ3) is 8.73. The third-order valence-corrected chi connectivity index (χ3v) is 6.02. The van der Waals surface area contributed by atoms with Gasteiger partial charge in [0.15, 0.2) is 6.10 Å². The van der Waals surface area contributed by atoms with Gasteiger partial charge >= 0.3 is 5.97 Å². The number of rotatable bonds is 14. The average molecular weight is 473 g/mol. The van der Waals surface area contributed by atoms with Crippen LogP contribution in [0.5, 0.6) is 5.75 Å². The Morgan fingerprint density at radius 2 is 1.57 bits per heavy atom. The SMILES string of the molecule is CCCCCCOC(Cc1ccc(OCC=C(C)c2ccc(-c3ccccc3)cc2)cc1)C(=O)O. The predicted octanol–water partition coefficient (Wildman–Crippen LogP) is 7.43. The van der Waals surface area contributed by atoms with Crippen LogP contribution >= 0.6 is 0 Å². The monoisotopic (exact) mass is 472 g/mol. The minimum atomic E-state index is -0.918. The van der Waals surface area contributed by atoms with Gasteiger partial charge in [0.2, 0.25) is 0 Å². The molecule has 35 heavy (non-hydrogen) atoms. The molecule has 0 bridgehead atoms. The molecule has 0 aliphatic carbocycles. The zero-order valence-corrected chi connectivity index (χ0v) is 20.8. The molecular weight excluding hydrogens is 436 g/mol. The van der Waals surface area contributed by atoms with Crippen molar-refractivity contribution in [2.45, 2.75) is 52.1 Å². The number of ether oxygens (including phenoxy) is 2. The van der Waals surface area contributed by atoms with Crippen LogP contribution in [0.2, 0.25) is 0 Å². The first kappa shape index (κ1) is 26.2. The maximum Gasteiger partial charge on any atom is 0.333 e. The van der Waals surface area contributed by atoms with Gasteiger partial charge in [-0.1, -0.05) is 92.9 Å². The van der Waals surface area contributed by atoms with Crippen molar-refractivity contribution in [3.05, 3.63) is 96.1 Å². The van der Waals surface area contributed by atoms with E-state index in [2.05, 4.69) is 56.3 Å². The number of hydrogen-bond donors (Lipinski definition) is 1. The van der Waals surface area contributed by atoms with Crippen molar-refractivity contribution in [1.29, 1.82) is 0 Å².